The van der Waals surface area contributed by atoms with Crippen LogP contribution in [-0.4, -0.2) is 5.78 Å². The lowest BCUT2D eigenvalue weighted by Crippen LogP contribution is -1.97. The zero-order chi connectivity index (χ0) is 14.9. The molecule has 0 aliphatic rings. The van der Waals surface area contributed by atoms with Gasteiger partial charge < -0.3 is 0 Å². The third-order valence-electron chi connectivity index (χ3n) is 3.66. The van der Waals surface area contributed by atoms with Crippen molar-refractivity contribution in [2.24, 2.45) is 0 Å². The van der Waals surface area contributed by atoms with Crippen LogP contribution in [-0.2, 0) is 4.79 Å². The zero-order valence-electron chi connectivity index (χ0n) is 13.5. The Balaban J connectivity index is 3.20. The molecule has 0 atom stereocenters. The summed E-state index contributed by atoms with van der Waals surface area (Å²) < 4.78 is 0. The van der Waals surface area contributed by atoms with E-state index < -0.39 is 0 Å². The molecule has 0 rings (SSSR count). The summed E-state index contributed by atoms with van der Waals surface area (Å²) in [5.41, 5.74) is 0. The number of allylic oxidation sites excluding steroid dienone is 3. The van der Waals surface area contributed by atoms with E-state index in [1.54, 1.807) is 6.08 Å². The first-order valence-electron chi connectivity index (χ1n) is 8.60. The van der Waals surface area contributed by atoms with Gasteiger partial charge in [-0.3, -0.25) is 4.79 Å². The van der Waals surface area contributed by atoms with Gasteiger partial charge in [0, 0.05) is 12.8 Å². The van der Waals surface area contributed by atoms with E-state index in [1.807, 2.05) is 6.08 Å². The molecule has 0 saturated carbocycles. The summed E-state index contributed by atoms with van der Waals surface area (Å²) in [5, 5.41) is 0. The molecule has 0 fully saturated rings. The molecule has 0 aliphatic heterocycles. The topological polar surface area (TPSA) is 17.1 Å². The van der Waals surface area contributed by atoms with Crippen molar-refractivity contribution >= 4 is 5.78 Å². The maximum atomic E-state index is 11.7. The molecule has 0 radical (unpaired) electrons. The van der Waals surface area contributed by atoms with Crippen molar-refractivity contribution in [2.75, 3.05) is 0 Å². The SMILES string of the molecule is C=C/C=C\CCCCC(=O)CCCCCCCCCC. The molecular weight excluding hydrogens is 244 g/mol. The molecule has 0 saturated heterocycles. The minimum Gasteiger partial charge on any atom is -0.300 e. The lowest BCUT2D eigenvalue weighted by Gasteiger charge is -2.02. The molecule has 0 unspecified atom stereocenters. The number of hydrogen-bond acceptors (Lipinski definition) is 1. The van der Waals surface area contributed by atoms with Crippen LogP contribution in [0.4, 0.5) is 0 Å². The number of hydrogen-bond donors (Lipinski definition) is 0. The fourth-order valence-corrected chi connectivity index (χ4v) is 2.36. The van der Waals surface area contributed by atoms with Crippen LogP contribution in [0, 0.1) is 0 Å². The molecule has 1 nitrogen and oxygen atoms in total. The molecule has 116 valence electrons. The van der Waals surface area contributed by atoms with Gasteiger partial charge in [0.1, 0.15) is 5.78 Å². The maximum Gasteiger partial charge on any atom is 0.132 e. The quantitative estimate of drug-likeness (QED) is 0.250. The van der Waals surface area contributed by atoms with Gasteiger partial charge in [0.05, 0.1) is 0 Å². The highest BCUT2D eigenvalue weighted by molar-refractivity contribution is 5.78. The second kappa shape index (κ2) is 16.2. The van der Waals surface area contributed by atoms with Gasteiger partial charge in [-0.2, -0.15) is 0 Å². The van der Waals surface area contributed by atoms with Crippen molar-refractivity contribution in [1.82, 2.24) is 0 Å². The Kier molecular flexibility index (Phi) is 15.5. The number of Topliss-reactive ketones (excluding diaryl/α,β-unsaturated/α-hetero) is 1. The minimum atomic E-state index is 0.462. The van der Waals surface area contributed by atoms with Crippen LogP contribution in [0.2, 0.25) is 0 Å². The summed E-state index contributed by atoms with van der Waals surface area (Å²) in [6.07, 6.45) is 21.1. The van der Waals surface area contributed by atoms with Crippen LogP contribution in [0.3, 0.4) is 0 Å². The van der Waals surface area contributed by atoms with E-state index in [1.165, 1.54) is 44.9 Å². The predicted molar refractivity (Wildman–Crippen MR) is 90.0 cm³/mol. The van der Waals surface area contributed by atoms with Gasteiger partial charge in [-0.15, -0.1) is 0 Å². The Bertz CT molecular complexity index is 252. The minimum absolute atomic E-state index is 0.462. The fourth-order valence-electron chi connectivity index (χ4n) is 2.36. The Morgan fingerprint density at radius 1 is 0.850 bits per heavy atom. The van der Waals surface area contributed by atoms with Crippen LogP contribution in [0.1, 0.15) is 90.4 Å². The van der Waals surface area contributed by atoms with Gasteiger partial charge in [-0.05, 0) is 25.7 Å². The standard InChI is InChI=1S/C19H34O/c1-3-5-7-9-11-12-14-16-18-19(20)17-15-13-10-8-6-4-2/h4,6,8H,2-3,5,7,9-18H2,1H3/b8-6-. The Labute approximate surface area is 126 Å². The number of carbonyl (C=O) groups excluding carboxylic acids is 1. The summed E-state index contributed by atoms with van der Waals surface area (Å²) in [5.74, 6) is 0.462. The third-order valence-corrected chi connectivity index (χ3v) is 3.66. The van der Waals surface area contributed by atoms with E-state index >= 15 is 0 Å². The summed E-state index contributed by atoms with van der Waals surface area (Å²) in [6, 6.07) is 0. The van der Waals surface area contributed by atoms with E-state index in [0.717, 1.165) is 38.5 Å². The molecule has 0 N–H and O–H groups in total. The summed E-state index contributed by atoms with van der Waals surface area (Å²) in [6.45, 7) is 5.89. The number of unbranched alkanes of at least 4 members (excludes halogenated alkanes) is 9. The summed E-state index contributed by atoms with van der Waals surface area (Å²) >= 11 is 0. The lowest BCUT2D eigenvalue weighted by molar-refractivity contribution is -0.119. The number of carbonyl (C=O) groups is 1. The van der Waals surface area contributed by atoms with Crippen molar-refractivity contribution in [3.05, 3.63) is 24.8 Å². The van der Waals surface area contributed by atoms with Crippen LogP contribution >= 0.6 is 0 Å². The van der Waals surface area contributed by atoms with Gasteiger partial charge in [0.2, 0.25) is 0 Å². The first kappa shape index (κ1) is 19.1. The Morgan fingerprint density at radius 2 is 1.40 bits per heavy atom. The maximum absolute atomic E-state index is 11.7. The van der Waals surface area contributed by atoms with Gasteiger partial charge in [0.15, 0.2) is 0 Å². The van der Waals surface area contributed by atoms with E-state index in [0.29, 0.717) is 5.78 Å². The molecule has 0 bridgehead atoms. The van der Waals surface area contributed by atoms with Gasteiger partial charge >= 0.3 is 0 Å². The molecule has 0 aromatic carbocycles. The molecular formula is C19H34O. The highest BCUT2D eigenvalue weighted by Gasteiger charge is 2.01. The van der Waals surface area contributed by atoms with E-state index in [4.69, 9.17) is 0 Å². The van der Waals surface area contributed by atoms with Crippen molar-refractivity contribution in [3.8, 4) is 0 Å². The summed E-state index contributed by atoms with van der Waals surface area (Å²) in [4.78, 5) is 11.7. The van der Waals surface area contributed by atoms with Gasteiger partial charge in [0.25, 0.3) is 0 Å². The average molecular weight is 278 g/mol. The Hall–Kier alpha value is -0.850. The van der Waals surface area contributed by atoms with Crippen molar-refractivity contribution in [2.45, 2.75) is 90.4 Å². The monoisotopic (exact) mass is 278 g/mol. The second-order valence-corrected chi connectivity index (χ2v) is 5.67. The number of rotatable bonds is 15. The molecule has 0 aromatic rings. The van der Waals surface area contributed by atoms with Crippen LogP contribution in [0.15, 0.2) is 24.8 Å². The van der Waals surface area contributed by atoms with Crippen molar-refractivity contribution < 1.29 is 4.79 Å². The molecule has 0 amide bonds. The number of ketones is 1. The molecule has 0 aliphatic carbocycles. The highest BCUT2D eigenvalue weighted by Crippen LogP contribution is 2.11. The normalized spacial score (nSPS) is 11.1. The molecule has 1 heteroatoms. The van der Waals surface area contributed by atoms with E-state index in [-0.39, 0.29) is 0 Å². The van der Waals surface area contributed by atoms with Crippen LogP contribution in [0.25, 0.3) is 0 Å². The Morgan fingerprint density at radius 3 is 2.00 bits per heavy atom. The van der Waals surface area contributed by atoms with Gasteiger partial charge in [-0.1, -0.05) is 76.7 Å². The smallest absolute Gasteiger partial charge is 0.132 e. The fraction of sp³-hybridized carbons (Fsp3) is 0.737. The molecule has 0 aromatic heterocycles. The highest BCUT2D eigenvalue weighted by atomic mass is 16.1. The first-order valence-corrected chi connectivity index (χ1v) is 8.60. The average Bonchev–Trinajstić information content (AvgIpc) is 2.45. The largest absolute Gasteiger partial charge is 0.300 e. The second-order valence-electron chi connectivity index (χ2n) is 5.67. The van der Waals surface area contributed by atoms with Crippen molar-refractivity contribution in [1.29, 1.82) is 0 Å². The molecule has 0 heterocycles. The van der Waals surface area contributed by atoms with Gasteiger partial charge in [-0.25, -0.2) is 0 Å². The van der Waals surface area contributed by atoms with E-state index in [9.17, 15) is 4.79 Å². The molecule has 20 heavy (non-hydrogen) atoms. The lowest BCUT2D eigenvalue weighted by atomic mass is 10.0. The molecule has 0 spiro atoms. The van der Waals surface area contributed by atoms with Crippen LogP contribution in [0.5, 0.6) is 0 Å². The zero-order valence-corrected chi connectivity index (χ0v) is 13.5. The third kappa shape index (κ3) is 15.2. The van der Waals surface area contributed by atoms with Crippen LogP contribution < -0.4 is 0 Å². The predicted octanol–water partition coefficient (Wildman–Crippen LogP) is 6.39. The van der Waals surface area contributed by atoms with Crippen molar-refractivity contribution in [3.63, 3.8) is 0 Å². The first-order chi connectivity index (χ1) is 9.81. The van der Waals surface area contributed by atoms with E-state index in [2.05, 4.69) is 19.6 Å². The summed E-state index contributed by atoms with van der Waals surface area (Å²) in [7, 11) is 0.